The molecule has 2 aromatic rings. The molecule has 1 aromatic carbocycles. The second kappa shape index (κ2) is 6.96. The van der Waals surface area contributed by atoms with E-state index in [9.17, 15) is 4.79 Å². The smallest absolute Gasteiger partial charge is 0.226 e. The summed E-state index contributed by atoms with van der Waals surface area (Å²) in [6, 6.07) is 10.1. The maximum absolute atomic E-state index is 12.1. The lowest BCUT2D eigenvalue weighted by Gasteiger charge is -2.14. The highest BCUT2D eigenvalue weighted by molar-refractivity contribution is 5.90. The molecule has 1 aromatic heterocycles. The molecular formula is C18H26N4O. The van der Waals surface area contributed by atoms with Gasteiger partial charge in [-0.1, -0.05) is 38.5 Å². The van der Waals surface area contributed by atoms with Crippen molar-refractivity contribution < 1.29 is 4.79 Å². The number of anilines is 1. The van der Waals surface area contributed by atoms with Crippen molar-refractivity contribution >= 4 is 11.7 Å². The Morgan fingerprint density at radius 2 is 1.87 bits per heavy atom. The van der Waals surface area contributed by atoms with Gasteiger partial charge in [-0.2, -0.15) is 5.10 Å². The van der Waals surface area contributed by atoms with Crippen LogP contribution in [0.2, 0.25) is 0 Å². The molecule has 2 N–H and O–H groups in total. The number of carbonyl (C=O) groups excluding carboxylic acids is 1. The van der Waals surface area contributed by atoms with Gasteiger partial charge in [-0.15, -0.1) is 0 Å². The number of hydrogen-bond donors (Lipinski definition) is 2. The molecule has 0 aliphatic rings. The van der Waals surface area contributed by atoms with Crippen LogP contribution in [-0.4, -0.2) is 29.3 Å². The third-order valence-electron chi connectivity index (χ3n) is 3.63. The zero-order chi connectivity index (χ0) is 17.0. The first-order chi connectivity index (χ1) is 10.8. The number of hydrogen-bond acceptors (Lipinski definition) is 3. The lowest BCUT2D eigenvalue weighted by Crippen LogP contribution is -2.20. The number of benzene rings is 1. The Balaban J connectivity index is 2.36. The highest BCUT2D eigenvalue weighted by Crippen LogP contribution is 2.26. The largest absolute Gasteiger partial charge is 0.319 e. The van der Waals surface area contributed by atoms with Gasteiger partial charge in [0, 0.05) is 24.4 Å². The average Bonchev–Trinajstić information content (AvgIpc) is 2.90. The fourth-order valence-corrected chi connectivity index (χ4v) is 2.16. The minimum absolute atomic E-state index is 0.0203. The standard InChI is InChI=1S/C18H26N4O/c1-13-6-8-14(9-7-13)22-16(20-17(23)10-11-19-5)12-15(21-22)18(2,3)4/h6-9,12,19H,10-11H2,1-5H3,(H,20,23). The first-order valence-corrected chi connectivity index (χ1v) is 7.93. The van der Waals surface area contributed by atoms with Crippen LogP contribution < -0.4 is 10.6 Å². The van der Waals surface area contributed by atoms with Gasteiger partial charge in [-0.25, -0.2) is 4.68 Å². The molecule has 0 aliphatic heterocycles. The monoisotopic (exact) mass is 314 g/mol. The van der Waals surface area contributed by atoms with Crippen LogP contribution in [0.1, 0.15) is 38.4 Å². The van der Waals surface area contributed by atoms with Gasteiger partial charge in [-0.3, -0.25) is 4.79 Å². The van der Waals surface area contributed by atoms with E-state index < -0.39 is 0 Å². The minimum Gasteiger partial charge on any atom is -0.319 e. The molecule has 0 saturated carbocycles. The van der Waals surface area contributed by atoms with E-state index in [1.165, 1.54) is 5.56 Å². The lowest BCUT2D eigenvalue weighted by molar-refractivity contribution is -0.116. The van der Waals surface area contributed by atoms with Crippen LogP contribution in [0.5, 0.6) is 0 Å². The van der Waals surface area contributed by atoms with E-state index in [2.05, 4.69) is 31.4 Å². The molecule has 5 nitrogen and oxygen atoms in total. The quantitative estimate of drug-likeness (QED) is 0.892. The highest BCUT2D eigenvalue weighted by atomic mass is 16.1. The van der Waals surface area contributed by atoms with Crippen LogP contribution in [0.15, 0.2) is 30.3 Å². The van der Waals surface area contributed by atoms with Crippen molar-refractivity contribution in [2.45, 2.75) is 39.5 Å². The van der Waals surface area contributed by atoms with Gasteiger partial charge >= 0.3 is 0 Å². The molecule has 0 fully saturated rings. The zero-order valence-corrected chi connectivity index (χ0v) is 14.6. The fourth-order valence-electron chi connectivity index (χ4n) is 2.16. The van der Waals surface area contributed by atoms with E-state index in [4.69, 9.17) is 5.10 Å². The maximum atomic E-state index is 12.1. The predicted octanol–water partition coefficient (Wildman–Crippen LogP) is 3.03. The number of carbonyl (C=O) groups is 1. The lowest BCUT2D eigenvalue weighted by atomic mass is 9.92. The first-order valence-electron chi connectivity index (χ1n) is 7.93. The van der Waals surface area contributed by atoms with Crippen LogP contribution >= 0.6 is 0 Å². The van der Waals surface area contributed by atoms with Crippen molar-refractivity contribution in [3.63, 3.8) is 0 Å². The summed E-state index contributed by atoms with van der Waals surface area (Å²) in [6.07, 6.45) is 0.431. The summed E-state index contributed by atoms with van der Waals surface area (Å²) in [6.45, 7) is 9.04. The van der Waals surface area contributed by atoms with Gasteiger partial charge < -0.3 is 10.6 Å². The van der Waals surface area contributed by atoms with Crippen molar-refractivity contribution in [1.82, 2.24) is 15.1 Å². The highest BCUT2D eigenvalue weighted by Gasteiger charge is 2.21. The second-order valence-corrected chi connectivity index (χ2v) is 6.81. The summed E-state index contributed by atoms with van der Waals surface area (Å²) < 4.78 is 1.80. The van der Waals surface area contributed by atoms with Crippen molar-refractivity contribution in [2.24, 2.45) is 0 Å². The molecule has 0 spiro atoms. The minimum atomic E-state index is -0.0829. The maximum Gasteiger partial charge on any atom is 0.226 e. The first kappa shape index (κ1) is 17.2. The number of aromatic nitrogens is 2. The van der Waals surface area contributed by atoms with E-state index in [-0.39, 0.29) is 11.3 Å². The normalized spacial score (nSPS) is 11.5. The third kappa shape index (κ3) is 4.42. The Kier molecular flexibility index (Phi) is 5.21. The zero-order valence-electron chi connectivity index (χ0n) is 14.6. The van der Waals surface area contributed by atoms with E-state index in [0.717, 1.165) is 11.4 Å². The van der Waals surface area contributed by atoms with Crippen LogP contribution in [-0.2, 0) is 10.2 Å². The molecule has 0 radical (unpaired) electrons. The Hall–Kier alpha value is -2.14. The van der Waals surface area contributed by atoms with Gasteiger partial charge in [0.25, 0.3) is 0 Å². The molecule has 2 rings (SSSR count). The average molecular weight is 314 g/mol. The van der Waals surface area contributed by atoms with Crippen molar-refractivity contribution in [3.05, 3.63) is 41.6 Å². The summed E-state index contributed by atoms with van der Waals surface area (Å²) in [4.78, 5) is 12.1. The summed E-state index contributed by atoms with van der Waals surface area (Å²) in [5.74, 6) is 0.688. The number of aryl methyl sites for hydroxylation is 1. The molecule has 23 heavy (non-hydrogen) atoms. The van der Waals surface area contributed by atoms with Gasteiger partial charge in [0.2, 0.25) is 5.91 Å². The van der Waals surface area contributed by atoms with Crippen LogP contribution in [0, 0.1) is 6.92 Å². The second-order valence-electron chi connectivity index (χ2n) is 6.81. The fraction of sp³-hybridized carbons (Fsp3) is 0.444. The Bertz CT molecular complexity index is 665. The van der Waals surface area contributed by atoms with E-state index in [1.54, 1.807) is 4.68 Å². The van der Waals surface area contributed by atoms with Crippen molar-refractivity contribution in [1.29, 1.82) is 0 Å². The molecule has 124 valence electrons. The molecule has 0 saturated heterocycles. The molecule has 0 bridgehead atoms. The topological polar surface area (TPSA) is 59.0 Å². The number of nitrogens with one attached hydrogen (secondary N) is 2. The summed E-state index contributed by atoms with van der Waals surface area (Å²) in [5.41, 5.74) is 2.99. The number of amides is 1. The SMILES string of the molecule is CNCCC(=O)Nc1cc(C(C)(C)C)nn1-c1ccc(C)cc1. The third-order valence-corrected chi connectivity index (χ3v) is 3.63. The molecule has 0 atom stereocenters. The number of rotatable bonds is 5. The Morgan fingerprint density at radius 3 is 2.43 bits per heavy atom. The summed E-state index contributed by atoms with van der Waals surface area (Å²) in [5, 5.41) is 10.7. The van der Waals surface area contributed by atoms with Crippen LogP contribution in [0.25, 0.3) is 5.69 Å². The van der Waals surface area contributed by atoms with Gasteiger partial charge in [0.1, 0.15) is 5.82 Å². The summed E-state index contributed by atoms with van der Waals surface area (Å²) in [7, 11) is 1.83. The molecule has 0 aliphatic carbocycles. The molecule has 1 heterocycles. The van der Waals surface area contributed by atoms with Crippen molar-refractivity contribution in [2.75, 3.05) is 18.9 Å². The summed E-state index contributed by atoms with van der Waals surface area (Å²) >= 11 is 0. The predicted molar refractivity (Wildman–Crippen MR) is 94.2 cm³/mol. The van der Waals surface area contributed by atoms with Crippen LogP contribution in [0.3, 0.4) is 0 Å². The van der Waals surface area contributed by atoms with Gasteiger partial charge in [0.15, 0.2) is 0 Å². The molecule has 5 heteroatoms. The van der Waals surface area contributed by atoms with Gasteiger partial charge in [-0.05, 0) is 26.1 Å². The molecule has 1 amide bonds. The molecule has 0 unspecified atom stereocenters. The number of nitrogens with zero attached hydrogens (tertiary/aromatic N) is 2. The Morgan fingerprint density at radius 1 is 1.22 bits per heavy atom. The van der Waals surface area contributed by atoms with E-state index in [1.807, 2.05) is 44.3 Å². The van der Waals surface area contributed by atoms with E-state index in [0.29, 0.717) is 18.8 Å². The van der Waals surface area contributed by atoms with Crippen LogP contribution in [0.4, 0.5) is 5.82 Å². The Labute approximate surface area is 138 Å². The van der Waals surface area contributed by atoms with Gasteiger partial charge in [0.05, 0.1) is 11.4 Å². The van der Waals surface area contributed by atoms with E-state index >= 15 is 0 Å². The molecular weight excluding hydrogens is 288 g/mol. The van der Waals surface area contributed by atoms with Crippen molar-refractivity contribution in [3.8, 4) is 5.69 Å².